The molecular weight excluding hydrogens is 146 g/mol. The zero-order chi connectivity index (χ0) is 9.78. The van der Waals surface area contributed by atoms with Crippen molar-refractivity contribution in [2.75, 3.05) is 6.54 Å². The first-order valence-electron chi connectivity index (χ1n) is 5.12. The van der Waals surface area contributed by atoms with E-state index in [1.54, 1.807) is 0 Å². The largest absolute Gasteiger partial charge is 0.312 e. The molecule has 0 spiro atoms. The maximum Gasteiger partial charge on any atom is 0.00966 e. The van der Waals surface area contributed by atoms with Crippen LogP contribution in [0.25, 0.3) is 0 Å². The van der Waals surface area contributed by atoms with Gasteiger partial charge in [0.25, 0.3) is 0 Å². The molecule has 1 unspecified atom stereocenters. The Hall–Kier alpha value is -0.0400. The van der Waals surface area contributed by atoms with E-state index in [-0.39, 0.29) is 5.54 Å². The van der Waals surface area contributed by atoms with Gasteiger partial charge in [-0.1, -0.05) is 27.2 Å². The molecule has 0 bridgehead atoms. The summed E-state index contributed by atoms with van der Waals surface area (Å²) in [5, 5.41) is 3.55. The van der Waals surface area contributed by atoms with Crippen LogP contribution < -0.4 is 5.32 Å². The third-order valence-corrected chi connectivity index (χ3v) is 2.36. The molecule has 0 heterocycles. The van der Waals surface area contributed by atoms with Crippen molar-refractivity contribution in [3.63, 3.8) is 0 Å². The van der Waals surface area contributed by atoms with Crippen LogP contribution in [0.5, 0.6) is 0 Å². The van der Waals surface area contributed by atoms with Gasteiger partial charge >= 0.3 is 0 Å². The molecule has 12 heavy (non-hydrogen) atoms. The molecule has 0 aliphatic carbocycles. The summed E-state index contributed by atoms with van der Waals surface area (Å²) in [7, 11) is 0. The summed E-state index contributed by atoms with van der Waals surface area (Å²) in [6.07, 6.45) is 1.28. The SMILES string of the molecule is CCC(CNC(C)(C)C)C(C)C. The molecule has 1 nitrogen and oxygen atoms in total. The van der Waals surface area contributed by atoms with Gasteiger partial charge in [0.05, 0.1) is 0 Å². The fourth-order valence-corrected chi connectivity index (χ4v) is 1.29. The van der Waals surface area contributed by atoms with Crippen LogP contribution in [0.1, 0.15) is 48.0 Å². The molecule has 0 radical (unpaired) electrons. The minimum Gasteiger partial charge on any atom is -0.312 e. The topological polar surface area (TPSA) is 12.0 Å². The summed E-state index contributed by atoms with van der Waals surface area (Å²) < 4.78 is 0. The molecule has 0 aliphatic heterocycles. The lowest BCUT2D eigenvalue weighted by Crippen LogP contribution is -2.40. The van der Waals surface area contributed by atoms with E-state index in [2.05, 4.69) is 46.9 Å². The smallest absolute Gasteiger partial charge is 0.00966 e. The predicted molar refractivity (Wildman–Crippen MR) is 56.4 cm³/mol. The summed E-state index contributed by atoms with van der Waals surface area (Å²) in [4.78, 5) is 0. The second-order valence-corrected chi connectivity index (χ2v) is 5.04. The van der Waals surface area contributed by atoms with Gasteiger partial charge in [-0.2, -0.15) is 0 Å². The van der Waals surface area contributed by atoms with E-state index >= 15 is 0 Å². The first-order chi connectivity index (χ1) is 5.37. The Balaban J connectivity index is 3.73. The van der Waals surface area contributed by atoms with Gasteiger partial charge in [0.1, 0.15) is 0 Å². The lowest BCUT2D eigenvalue weighted by Gasteiger charge is -2.26. The Morgan fingerprint density at radius 3 is 1.92 bits per heavy atom. The molecule has 0 aromatic rings. The molecule has 0 fully saturated rings. The van der Waals surface area contributed by atoms with Crippen LogP contribution in [0.15, 0.2) is 0 Å². The Kier molecular flexibility index (Phi) is 4.84. The second kappa shape index (κ2) is 4.86. The Morgan fingerprint density at radius 1 is 1.17 bits per heavy atom. The molecule has 1 heteroatoms. The van der Waals surface area contributed by atoms with Crippen molar-refractivity contribution in [1.29, 1.82) is 0 Å². The van der Waals surface area contributed by atoms with Crippen molar-refractivity contribution in [2.45, 2.75) is 53.5 Å². The second-order valence-electron chi connectivity index (χ2n) is 5.04. The van der Waals surface area contributed by atoms with E-state index in [0.717, 1.165) is 18.4 Å². The first kappa shape index (κ1) is 12.0. The number of hydrogen-bond donors (Lipinski definition) is 1. The van der Waals surface area contributed by atoms with Crippen molar-refractivity contribution in [2.24, 2.45) is 11.8 Å². The number of nitrogens with one attached hydrogen (secondary N) is 1. The Morgan fingerprint density at radius 2 is 1.67 bits per heavy atom. The van der Waals surface area contributed by atoms with E-state index < -0.39 is 0 Å². The summed E-state index contributed by atoms with van der Waals surface area (Å²) >= 11 is 0. The van der Waals surface area contributed by atoms with Gasteiger partial charge in [0, 0.05) is 5.54 Å². The van der Waals surface area contributed by atoms with E-state index in [1.807, 2.05) is 0 Å². The molecular formula is C11H25N. The van der Waals surface area contributed by atoms with Crippen molar-refractivity contribution < 1.29 is 0 Å². The maximum atomic E-state index is 3.55. The normalized spacial score (nSPS) is 15.2. The fraction of sp³-hybridized carbons (Fsp3) is 1.00. The zero-order valence-corrected chi connectivity index (χ0v) is 9.57. The van der Waals surface area contributed by atoms with Gasteiger partial charge < -0.3 is 5.32 Å². The number of rotatable bonds is 4. The molecule has 74 valence electrons. The predicted octanol–water partition coefficient (Wildman–Crippen LogP) is 3.06. The molecule has 1 N–H and O–H groups in total. The van der Waals surface area contributed by atoms with Crippen molar-refractivity contribution in [3.05, 3.63) is 0 Å². The molecule has 0 saturated carbocycles. The third kappa shape index (κ3) is 5.59. The molecule has 0 aromatic carbocycles. The first-order valence-corrected chi connectivity index (χ1v) is 5.12. The molecule has 0 saturated heterocycles. The highest BCUT2D eigenvalue weighted by molar-refractivity contribution is 4.73. The van der Waals surface area contributed by atoms with Crippen molar-refractivity contribution in [3.8, 4) is 0 Å². The molecule has 0 aromatic heterocycles. The van der Waals surface area contributed by atoms with Gasteiger partial charge in [-0.3, -0.25) is 0 Å². The van der Waals surface area contributed by atoms with Gasteiger partial charge in [0.15, 0.2) is 0 Å². The molecule has 0 amide bonds. The lowest BCUT2D eigenvalue weighted by atomic mass is 9.92. The minimum absolute atomic E-state index is 0.266. The summed E-state index contributed by atoms with van der Waals surface area (Å²) in [6, 6.07) is 0. The maximum absolute atomic E-state index is 3.55. The highest BCUT2D eigenvalue weighted by Crippen LogP contribution is 2.14. The standard InChI is InChI=1S/C11H25N/c1-7-10(9(2)3)8-12-11(4,5)6/h9-10,12H,7-8H2,1-6H3. The Bertz CT molecular complexity index is 111. The lowest BCUT2D eigenvalue weighted by molar-refractivity contribution is 0.307. The van der Waals surface area contributed by atoms with Crippen LogP contribution in [0.3, 0.4) is 0 Å². The summed E-state index contributed by atoms with van der Waals surface area (Å²) in [6.45, 7) is 14.7. The fourth-order valence-electron chi connectivity index (χ4n) is 1.29. The summed E-state index contributed by atoms with van der Waals surface area (Å²) in [5.41, 5.74) is 0.266. The van der Waals surface area contributed by atoms with Crippen LogP contribution in [-0.2, 0) is 0 Å². The van der Waals surface area contributed by atoms with Crippen LogP contribution >= 0.6 is 0 Å². The van der Waals surface area contributed by atoms with Crippen LogP contribution in [-0.4, -0.2) is 12.1 Å². The highest BCUT2D eigenvalue weighted by Gasteiger charge is 2.14. The molecule has 1 atom stereocenters. The highest BCUT2D eigenvalue weighted by atomic mass is 14.9. The quantitative estimate of drug-likeness (QED) is 0.685. The van der Waals surface area contributed by atoms with Gasteiger partial charge in [0.2, 0.25) is 0 Å². The van der Waals surface area contributed by atoms with Crippen LogP contribution in [0, 0.1) is 11.8 Å². The van der Waals surface area contributed by atoms with E-state index in [0.29, 0.717) is 0 Å². The van der Waals surface area contributed by atoms with E-state index in [9.17, 15) is 0 Å². The van der Waals surface area contributed by atoms with Crippen molar-refractivity contribution in [1.82, 2.24) is 5.32 Å². The average molecular weight is 171 g/mol. The van der Waals surface area contributed by atoms with Crippen molar-refractivity contribution >= 4 is 0 Å². The average Bonchev–Trinajstić information content (AvgIpc) is 1.85. The van der Waals surface area contributed by atoms with Crippen LogP contribution in [0.4, 0.5) is 0 Å². The summed E-state index contributed by atoms with van der Waals surface area (Å²) in [5.74, 6) is 1.62. The number of hydrogen-bond acceptors (Lipinski definition) is 1. The molecule has 0 rings (SSSR count). The van der Waals surface area contributed by atoms with Gasteiger partial charge in [-0.15, -0.1) is 0 Å². The minimum atomic E-state index is 0.266. The van der Waals surface area contributed by atoms with Gasteiger partial charge in [-0.05, 0) is 39.2 Å². The third-order valence-electron chi connectivity index (χ3n) is 2.36. The molecule has 0 aliphatic rings. The van der Waals surface area contributed by atoms with E-state index in [1.165, 1.54) is 6.42 Å². The monoisotopic (exact) mass is 171 g/mol. The van der Waals surface area contributed by atoms with Gasteiger partial charge in [-0.25, -0.2) is 0 Å². The Labute approximate surface area is 77.9 Å². The van der Waals surface area contributed by atoms with Crippen LogP contribution in [0.2, 0.25) is 0 Å². The zero-order valence-electron chi connectivity index (χ0n) is 9.57. The van der Waals surface area contributed by atoms with E-state index in [4.69, 9.17) is 0 Å².